The van der Waals surface area contributed by atoms with E-state index in [9.17, 15) is 4.79 Å². The number of carbonyl (C=O) groups excluding carboxylic acids is 1. The molecule has 1 aliphatic rings. The molecule has 1 aromatic heterocycles. The van der Waals surface area contributed by atoms with Gasteiger partial charge in [0.15, 0.2) is 0 Å². The lowest BCUT2D eigenvalue weighted by molar-refractivity contribution is -0.129. The first-order valence-electron chi connectivity index (χ1n) is 9.12. The first-order chi connectivity index (χ1) is 12.4. The number of fused-ring (bicyclic) bond motifs is 1. The summed E-state index contributed by atoms with van der Waals surface area (Å²) in [6.07, 6.45) is 0. The number of aryl methyl sites for hydroxylation is 1. The molecule has 2 heterocycles. The van der Waals surface area contributed by atoms with Crippen molar-refractivity contribution < 1.29 is 9.53 Å². The molecule has 7 nitrogen and oxygen atoms in total. The fourth-order valence-corrected chi connectivity index (χ4v) is 3.61. The van der Waals surface area contributed by atoms with Gasteiger partial charge in [-0.1, -0.05) is 18.2 Å². The van der Waals surface area contributed by atoms with E-state index in [-0.39, 0.29) is 11.9 Å². The molecule has 0 radical (unpaired) electrons. The molecule has 7 heteroatoms. The first-order valence-corrected chi connectivity index (χ1v) is 9.12. The second-order valence-electron chi connectivity index (χ2n) is 7.35. The van der Waals surface area contributed by atoms with E-state index in [4.69, 9.17) is 4.74 Å². The van der Waals surface area contributed by atoms with E-state index in [0.29, 0.717) is 13.2 Å². The van der Waals surface area contributed by atoms with E-state index in [0.717, 1.165) is 36.2 Å². The van der Waals surface area contributed by atoms with Crippen LogP contribution in [-0.4, -0.2) is 66.5 Å². The number of ether oxygens (including phenoxy) is 1. The second kappa shape index (κ2) is 7.73. The number of piperazine rings is 1. The monoisotopic (exact) mass is 359 g/mol. The number of hydrogen-bond donors (Lipinski definition) is 2. The highest BCUT2D eigenvalue weighted by Crippen LogP contribution is 2.27. The average molecular weight is 359 g/mol. The van der Waals surface area contributed by atoms with Crippen molar-refractivity contribution >= 4 is 16.8 Å². The van der Waals surface area contributed by atoms with Gasteiger partial charge in [0.1, 0.15) is 6.04 Å². The van der Waals surface area contributed by atoms with Gasteiger partial charge in [-0.15, -0.1) is 0 Å². The van der Waals surface area contributed by atoms with Crippen LogP contribution in [-0.2, 0) is 22.1 Å². The number of amides is 1. The smallest absolute Gasteiger partial charge is 0.239 e. The number of methoxy groups -OCH3 is 1. The molecule has 0 bridgehead atoms. The van der Waals surface area contributed by atoms with E-state index >= 15 is 0 Å². The second-order valence-corrected chi connectivity index (χ2v) is 7.35. The summed E-state index contributed by atoms with van der Waals surface area (Å²) in [5, 5.41) is 12.3. The Balaban J connectivity index is 1.80. The van der Waals surface area contributed by atoms with Crippen molar-refractivity contribution in [3.63, 3.8) is 0 Å². The third-order valence-corrected chi connectivity index (χ3v) is 5.03. The molecule has 1 aliphatic heterocycles. The van der Waals surface area contributed by atoms with E-state index in [1.807, 2.05) is 43.8 Å². The molecule has 0 spiro atoms. The number of nitrogens with zero attached hydrogens (tertiary/aromatic N) is 3. The van der Waals surface area contributed by atoms with Gasteiger partial charge in [0.05, 0.1) is 23.4 Å². The molecule has 1 aromatic carbocycles. The topological polar surface area (TPSA) is 71.4 Å². The maximum absolute atomic E-state index is 13.0. The summed E-state index contributed by atoms with van der Waals surface area (Å²) in [6, 6.07) is 7.90. The van der Waals surface area contributed by atoms with Gasteiger partial charge in [-0.05, 0) is 19.9 Å². The number of para-hydroxylation sites is 1. The SMILES string of the molecule is COCCN1CCNC[C@H]1C(=O)NC(C)(C)c1nn(C)c2ccccc12. The average Bonchev–Trinajstić information content (AvgIpc) is 2.98. The summed E-state index contributed by atoms with van der Waals surface area (Å²) in [7, 11) is 3.62. The van der Waals surface area contributed by atoms with Crippen molar-refractivity contribution in [3.8, 4) is 0 Å². The van der Waals surface area contributed by atoms with E-state index in [1.165, 1.54) is 0 Å². The lowest BCUT2D eigenvalue weighted by Crippen LogP contribution is -2.60. The number of carbonyl (C=O) groups is 1. The van der Waals surface area contributed by atoms with Crippen LogP contribution < -0.4 is 10.6 Å². The van der Waals surface area contributed by atoms with Gasteiger partial charge >= 0.3 is 0 Å². The Kier molecular flexibility index (Phi) is 5.60. The van der Waals surface area contributed by atoms with Crippen LogP contribution in [0.3, 0.4) is 0 Å². The lowest BCUT2D eigenvalue weighted by atomic mass is 9.96. The van der Waals surface area contributed by atoms with Crippen LogP contribution >= 0.6 is 0 Å². The Labute approximate surface area is 154 Å². The minimum absolute atomic E-state index is 0.0213. The zero-order chi connectivity index (χ0) is 18.7. The van der Waals surface area contributed by atoms with Crippen LogP contribution in [0.2, 0.25) is 0 Å². The molecular formula is C19H29N5O2. The van der Waals surface area contributed by atoms with Crippen molar-refractivity contribution in [3.05, 3.63) is 30.0 Å². The fourth-order valence-electron chi connectivity index (χ4n) is 3.61. The Morgan fingerprint density at radius 3 is 2.96 bits per heavy atom. The maximum atomic E-state index is 13.0. The normalized spacial score (nSPS) is 19.0. The van der Waals surface area contributed by atoms with E-state index in [2.05, 4.69) is 26.7 Å². The third-order valence-electron chi connectivity index (χ3n) is 5.03. The van der Waals surface area contributed by atoms with Crippen LogP contribution in [0.15, 0.2) is 24.3 Å². The van der Waals surface area contributed by atoms with Crippen LogP contribution in [0.25, 0.3) is 10.9 Å². The van der Waals surface area contributed by atoms with Gasteiger partial charge in [0, 0.05) is 45.7 Å². The fraction of sp³-hybridized carbons (Fsp3) is 0.579. The summed E-state index contributed by atoms with van der Waals surface area (Å²) in [5.41, 5.74) is 1.38. The molecule has 2 aromatic rings. The highest BCUT2D eigenvalue weighted by Gasteiger charge is 2.34. The number of hydrogen-bond acceptors (Lipinski definition) is 5. The number of nitrogens with one attached hydrogen (secondary N) is 2. The van der Waals surface area contributed by atoms with Gasteiger partial charge in [-0.3, -0.25) is 14.4 Å². The minimum Gasteiger partial charge on any atom is -0.383 e. The summed E-state index contributed by atoms with van der Waals surface area (Å²) < 4.78 is 7.05. The van der Waals surface area contributed by atoms with Crippen LogP contribution in [0.1, 0.15) is 19.5 Å². The quantitative estimate of drug-likeness (QED) is 0.800. The van der Waals surface area contributed by atoms with Gasteiger partial charge in [-0.2, -0.15) is 5.10 Å². The summed E-state index contributed by atoms with van der Waals surface area (Å²) >= 11 is 0. The third kappa shape index (κ3) is 3.75. The molecule has 3 rings (SSSR count). The molecule has 2 N–H and O–H groups in total. The van der Waals surface area contributed by atoms with Crippen molar-refractivity contribution in [1.82, 2.24) is 25.3 Å². The Bertz CT molecular complexity index is 770. The standard InChI is InChI=1S/C19H29N5O2/c1-19(2,17-14-7-5-6-8-15(14)23(3)22-17)21-18(25)16-13-20-9-10-24(16)11-12-26-4/h5-8,16,20H,9-13H2,1-4H3,(H,21,25)/t16-/m0/s1. The molecule has 0 aliphatic carbocycles. The predicted molar refractivity (Wildman–Crippen MR) is 102 cm³/mol. The van der Waals surface area contributed by atoms with Crippen molar-refractivity contribution in [2.75, 3.05) is 39.9 Å². The first kappa shape index (κ1) is 18.8. The van der Waals surface area contributed by atoms with Gasteiger partial charge in [0.25, 0.3) is 0 Å². The molecular weight excluding hydrogens is 330 g/mol. The zero-order valence-corrected chi connectivity index (χ0v) is 16.1. The Morgan fingerprint density at radius 2 is 2.19 bits per heavy atom. The number of benzene rings is 1. The molecule has 1 fully saturated rings. The summed E-state index contributed by atoms with van der Waals surface area (Å²) in [5.74, 6) is 0.0213. The molecule has 0 unspecified atom stereocenters. The van der Waals surface area contributed by atoms with Crippen molar-refractivity contribution in [2.24, 2.45) is 7.05 Å². The van der Waals surface area contributed by atoms with E-state index < -0.39 is 5.54 Å². The molecule has 1 amide bonds. The molecule has 142 valence electrons. The van der Waals surface area contributed by atoms with Crippen LogP contribution in [0.4, 0.5) is 0 Å². The number of rotatable bonds is 6. The van der Waals surface area contributed by atoms with Crippen LogP contribution in [0, 0.1) is 0 Å². The molecule has 1 saturated heterocycles. The van der Waals surface area contributed by atoms with E-state index in [1.54, 1.807) is 7.11 Å². The van der Waals surface area contributed by atoms with Gasteiger partial charge < -0.3 is 15.4 Å². The van der Waals surface area contributed by atoms with Crippen molar-refractivity contribution in [2.45, 2.75) is 25.4 Å². The summed E-state index contributed by atoms with van der Waals surface area (Å²) in [6.45, 7) is 7.77. The van der Waals surface area contributed by atoms with Gasteiger partial charge in [-0.25, -0.2) is 0 Å². The highest BCUT2D eigenvalue weighted by molar-refractivity contribution is 5.86. The summed E-state index contributed by atoms with van der Waals surface area (Å²) in [4.78, 5) is 15.2. The molecule has 0 saturated carbocycles. The zero-order valence-electron chi connectivity index (χ0n) is 16.1. The largest absolute Gasteiger partial charge is 0.383 e. The minimum atomic E-state index is -0.567. The Morgan fingerprint density at radius 1 is 1.42 bits per heavy atom. The highest BCUT2D eigenvalue weighted by atomic mass is 16.5. The maximum Gasteiger partial charge on any atom is 0.239 e. The Hall–Kier alpha value is -1.96. The number of aromatic nitrogens is 2. The predicted octanol–water partition coefficient (Wildman–Crippen LogP) is 0.845. The molecule has 26 heavy (non-hydrogen) atoms. The molecule has 1 atom stereocenters. The van der Waals surface area contributed by atoms with Gasteiger partial charge in [0.2, 0.25) is 5.91 Å². The van der Waals surface area contributed by atoms with Crippen molar-refractivity contribution in [1.29, 1.82) is 0 Å². The lowest BCUT2D eigenvalue weighted by Gasteiger charge is -2.37. The van der Waals surface area contributed by atoms with Crippen LogP contribution in [0.5, 0.6) is 0 Å².